The summed E-state index contributed by atoms with van der Waals surface area (Å²) in [6, 6.07) is 0. The molecule has 0 amide bonds. The van der Waals surface area contributed by atoms with Crippen molar-refractivity contribution in [1.82, 2.24) is 0 Å². The van der Waals surface area contributed by atoms with Gasteiger partial charge >= 0.3 is 0 Å². The van der Waals surface area contributed by atoms with Crippen molar-refractivity contribution in [2.24, 2.45) is 0 Å². The van der Waals surface area contributed by atoms with E-state index in [2.05, 4.69) is 25.5 Å². The van der Waals surface area contributed by atoms with E-state index in [1.54, 1.807) is 0 Å². The molecule has 0 aliphatic carbocycles. The van der Waals surface area contributed by atoms with E-state index in [0.717, 1.165) is 12.0 Å². The second-order valence-electron chi connectivity index (χ2n) is 1.97. The minimum Gasteiger partial charge on any atom is -0.172 e. The molecular weight excluding hydrogens is 128 g/mol. The molecule has 0 aromatic heterocycles. The zero-order chi connectivity index (χ0) is 7.28. The molecule has 0 saturated heterocycles. The van der Waals surface area contributed by atoms with Gasteiger partial charge in [0, 0.05) is 5.25 Å². The van der Waals surface area contributed by atoms with Crippen LogP contribution in [0.4, 0.5) is 0 Å². The Labute approximate surface area is 62.8 Å². The van der Waals surface area contributed by atoms with Crippen molar-refractivity contribution < 1.29 is 0 Å². The van der Waals surface area contributed by atoms with E-state index in [-0.39, 0.29) is 0 Å². The summed E-state index contributed by atoms with van der Waals surface area (Å²) in [6.07, 6.45) is 8.14. The maximum Gasteiger partial charge on any atom is 0.0205 e. The SMILES string of the molecule is C#C/C(C)=C\C(S)CC. The average Bonchev–Trinajstić information content (AvgIpc) is 1.87. The molecule has 50 valence electrons. The molecule has 0 nitrogen and oxygen atoms in total. The van der Waals surface area contributed by atoms with Gasteiger partial charge in [0.25, 0.3) is 0 Å². The molecule has 0 aliphatic rings. The van der Waals surface area contributed by atoms with Crippen molar-refractivity contribution in [3.8, 4) is 12.3 Å². The summed E-state index contributed by atoms with van der Waals surface area (Å²) in [5.74, 6) is 2.54. The van der Waals surface area contributed by atoms with Crippen LogP contribution in [0, 0.1) is 12.3 Å². The Morgan fingerprint density at radius 3 is 2.78 bits per heavy atom. The third-order valence-corrected chi connectivity index (χ3v) is 1.60. The minimum atomic E-state index is 0.320. The standard InChI is InChI=1S/C8H12S/c1-4-7(3)6-8(9)5-2/h1,6,8-9H,5H2,2-3H3/b7-6-. The van der Waals surface area contributed by atoms with Gasteiger partial charge in [-0.3, -0.25) is 0 Å². The Kier molecular flexibility index (Phi) is 4.35. The number of thiol groups is 1. The fraction of sp³-hybridized carbons (Fsp3) is 0.500. The lowest BCUT2D eigenvalue weighted by Crippen LogP contribution is -1.89. The molecule has 9 heavy (non-hydrogen) atoms. The third-order valence-electron chi connectivity index (χ3n) is 1.09. The van der Waals surface area contributed by atoms with Gasteiger partial charge in [0.1, 0.15) is 0 Å². The van der Waals surface area contributed by atoms with Crippen molar-refractivity contribution in [3.63, 3.8) is 0 Å². The van der Waals surface area contributed by atoms with Crippen LogP contribution in [0.15, 0.2) is 11.6 Å². The Hall–Kier alpha value is -0.350. The van der Waals surface area contributed by atoms with Gasteiger partial charge < -0.3 is 0 Å². The number of hydrogen-bond donors (Lipinski definition) is 1. The smallest absolute Gasteiger partial charge is 0.0205 e. The van der Waals surface area contributed by atoms with Crippen LogP contribution in [0.2, 0.25) is 0 Å². The fourth-order valence-corrected chi connectivity index (χ4v) is 0.678. The molecule has 0 heterocycles. The van der Waals surface area contributed by atoms with Crippen molar-refractivity contribution in [3.05, 3.63) is 11.6 Å². The van der Waals surface area contributed by atoms with Crippen molar-refractivity contribution in [2.45, 2.75) is 25.5 Å². The van der Waals surface area contributed by atoms with Gasteiger partial charge in [0.15, 0.2) is 0 Å². The fourth-order valence-electron chi connectivity index (χ4n) is 0.455. The van der Waals surface area contributed by atoms with E-state index in [0.29, 0.717) is 5.25 Å². The van der Waals surface area contributed by atoms with E-state index in [9.17, 15) is 0 Å². The summed E-state index contributed by atoms with van der Waals surface area (Å²) in [4.78, 5) is 0. The Bertz CT molecular complexity index is 139. The average molecular weight is 140 g/mol. The summed E-state index contributed by atoms with van der Waals surface area (Å²) < 4.78 is 0. The van der Waals surface area contributed by atoms with Gasteiger partial charge in [-0.15, -0.1) is 6.42 Å². The van der Waals surface area contributed by atoms with Crippen LogP contribution in [0.3, 0.4) is 0 Å². The van der Waals surface area contributed by atoms with Gasteiger partial charge in [-0.2, -0.15) is 12.6 Å². The number of allylic oxidation sites excluding steroid dienone is 1. The van der Waals surface area contributed by atoms with Crippen LogP contribution >= 0.6 is 12.6 Å². The van der Waals surface area contributed by atoms with Crippen LogP contribution in [0.1, 0.15) is 20.3 Å². The predicted octanol–water partition coefficient (Wildman–Crippen LogP) is 2.27. The van der Waals surface area contributed by atoms with E-state index in [1.165, 1.54) is 0 Å². The lowest BCUT2D eigenvalue weighted by Gasteiger charge is -1.98. The first-order chi connectivity index (χ1) is 4.20. The van der Waals surface area contributed by atoms with Gasteiger partial charge in [-0.1, -0.05) is 18.9 Å². The maximum absolute atomic E-state index is 5.12. The molecule has 0 aromatic rings. The summed E-state index contributed by atoms with van der Waals surface area (Å²) >= 11 is 4.25. The lowest BCUT2D eigenvalue weighted by atomic mass is 10.2. The molecular formula is C8H12S. The van der Waals surface area contributed by atoms with Gasteiger partial charge in [-0.25, -0.2) is 0 Å². The van der Waals surface area contributed by atoms with Crippen molar-refractivity contribution >= 4 is 12.6 Å². The van der Waals surface area contributed by atoms with E-state index in [1.807, 2.05) is 13.0 Å². The van der Waals surface area contributed by atoms with Crippen molar-refractivity contribution in [2.75, 3.05) is 0 Å². The second-order valence-corrected chi connectivity index (χ2v) is 2.63. The first kappa shape index (κ1) is 8.65. The van der Waals surface area contributed by atoms with E-state index >= 15 is 0 Å². The highest BCUT2D eigenvalue weighted by atomic mass is 32.1. The minimum absolute atomic E-state index is 0.320. The normalized spacial score (nSPS) is 14.7. The molecule has 0 fully saturated rings. The van der Waals surface area contributed by atoms with Gasteiger partial charge in [0.05, 0.1) is 0 Å². The van der Waals surface area contributed by atoms with Crippen LogP contribution in [-0.2, 0) is 0 Å². The molecule has 1 heteroatoms. The van der Waals surface area contributed by atoms with Crippen LogP contribution in [0.25, 0.3) is 0 Å². The summed E-state index contributed by atoms with van der Waals surface area (Å²) in [5, 5.41) is 0.320. The Morgan fingerprint density at radius 2 is 2.44 bits per heavy atom. The van der Waals surface area contributed by atoms with Crippen LogP contribution in [-0.4, -0.2) is 5.25 Å². The molecule has 0 radical (unpaired) electrons. The van der Waals surface area contributed by atoms with Crippen LogP contribution < -0.4 is 0 Å². The number of hydrogen-bond acceptors (Lipinski definition) is 1. The first-order valence-electron chi connectivity index (χ1n) is 3.03. The molecule has 0 saturated carbocycles. The number of terminal acetylenes is 1. The Balaban J connectivity index is 3.83. The predicted molar refractivity (Wildman–Crippen MR) is 45.7 cm³/mol. The largest absolute Gasteiger partial charge is 0.172 e. The summed E-state index contributed by atoms with van der Waals surface area (Å²) in [7, 11) is 0. The zero-order valence-corrected chi connectivity index (χ0v) is 6.78. The lowest BCUT2D eigenvalue weighted by molar-refractivity contribution is 0.978. The van der Waals surface area contributed by atoms with E-state index in [4.69, 9.17) is 6.42 Å². The van der Waals surface area contributed by atoms with E-state index < -0.39 is 0 Å². The monoisotopic (exact) mass is 140 g/mol. The van der Waals surface area contributed by atoms with Gasteiger partial charge in [-0.05, 0) is 18.9 Å². The highest BCUT2D eigenvalue weighted by Gasteiger charge is 1.92. The van der Waals surface area contributed by atoms with Crippen molar-refractivity contribution in [1.29, 1.82) is 0 Å². The third kappa shape index (κ3) is 4.17. The molecule has 0 spiro atoms. The summed E-state index contributed by atoms with van der Waals surface area (Å²) in [6.45, 7) is 4.00. The topological polar surface area (TPSA) is 0 Å². The van der Waals surface area contributed by atoms with Gasteiger partial charge in [0.2, 0.25) is 0 Å². The second kappa shape index (κ2) is 4.52. The quantitative estimate of drug-likeness (QED) is 0.441. The molecule has 0 aliphatic heterocycles. The molecule has 1 atom stereocenters. The summed E-state index contributed by atoms with van der Waals surface area (Å²) in [5.41, 5.74) is 0.969. The Morgan fingerprint density at radius 1 is 1.89 bits per heavy atom. The van der Waals surface area contributed by atoms with Crippen LogP contribution in [0.5, 0.6) is 0 Å². The highest BCUT2D eigenvalue weighted by molar-refractivity contribution is 7.81. The highest BCUT2D eigenvalue weighted by Crippen LogP contribution is 2.04. The molecule has 0 rings (SSSR count). The zero-order valence-electron chi connectivity index (χ0n) is 5.89. The molecule has 1 unspecified atom stereocenters. The number of rotatable bonds is 2. The molecule has 0 N–H and O–H groups in total. The first-order valence-corrected chi connectivity index (χ1v) is 3.55. The molecule has 0 aromatic carbocycles. The maximum atomic E-state index is 5.12. The molecule has 0 bridgehead atoms.